The zero-order valence-corrected chi connectivity index (χ0v) is 9.41. The average Bonchev–Trinajstić information content (AvgIpc) is 2.14. The molecule has 1 aromatic carbocycles. The van der Waals surface area contributed by atoms with Crippen LogP contribution < -0.4 is 5.32 Å². The highest BCUT2D eigenvalue weighted by molar-refractivity contribution is 5.92. The van der Waals surface area contributed by atoms with E-state index in [-0.39, 0.29) is 18.8 Å². The van der Waals surface area contributed by atoms with Crippen molar-refractivity contribution in [1.82, 2.24) is 4.90 Å². The van der Waals surface area contributed by atoms with Crippen LogP contribution in [0.3, 0.4) is 0 Å². The molecular formula is C11H14F2N2O2. The van der Waals surface area contributed by atoms with E-state index < -0.39 is 17.5 Å². The predicted molar refractivity (Wildman–Crippen MR) is 59.6 cm³/mol. The molecule has 0 atom stereocenters. The summed E-state index contributed by atoms with van der Waals surface area (Å²) in [6, 6.07) is 2.80. The Kier molecular flexibility index (Phi) is 4.99. The average molecular weight is 244 g/mol. The van der Waals surface area contributed by atoms with E-state index in [1.807, 2.05) is 0 Å². The Morgan fingerprint density at radius 2 is 1.94 bits per heavy atom. The number of halogens is 2. The van der Waals surface area contributed by atoms with Crippen molar-refractivity contribution in [2.24, 2.45) is 0 Å². The molecule has 4 nitrogen and oxygen atoms in total. The molecule has 0 saturated heterocycles. The highest BCUT2D eigenvalue weighted by Gasteiger charge is 2.08. The number of amides is 1. The summed E-state index contributed by atoms with van der Waals surface area (Å²) >= 11 is 0. The summed E-state index contributed by atoms with van der Waals surface area (Å²) in [5, 5.41) is 11.0. The Bertz CT molecular complexity index is 379. The molecule has 0 fully saturated rings. The highest BCUT2D eigenvalue weighted by atomic mass is 19.1. The number of carbonyl (C=O) groups is 1. The molecule has 0 bridgehead atoms. The second-order valence-electron chi connectivity index (χ2n) is 3.67. The largest absolute Gasteiger partial charge is 0.395 e. The molecule has 0 aromatic heterocycles. The molecule has 0 saturated carbocycles. The number of aliphatic hydroxyl groups is 1. The molecule has 0 aliphatic heterocycles. The topological polar surface area (TPSA) is 52.6 Å². The summed E-state index contributed by atoms with van der Waals surface area (Å²) in [5.74, 6) is -1.89. The molecule has 0 heterocycles. The lowest BCUT2D eigenvalue weighted by atomic mass is 10.3. The summed E-state index contributed by atoms with van der Waals surface area (Å²) in [5.41, 5.74) is 0.0740. The van der Waals surface area contributed by atoms with Gasteiger partial charge in [-0.2, -0.15) is 0 Å². The van der Waals surface area contributed by atoms with Crippen LogP contribution in [-0.4, -0.2) is 42.7 Å². The molecule has 94 valence electrons. The van der Waals surface area contributed by atoms with Crippen molar-refractivity contribution < 1.29 is 18.7 Å². The van der Waals surface area contributed by atoms with Gasteiger partial charge in [0.2, 0.25) is 5.91 Å². The summed E-state index contributed by atoms with van der Waals surface area (Å²) in [7, 11) is 1.65. The van der Waals surface area contributed by atoms with Gasteiger partial charge in [0.25, 0.3) is 0 Å². The third kappa shape index (κ3) is 4.88. The van der Waals surface area contributed by atoms with Gasteiger partial charge in [0.1, 0.15) is 11.6 Å². The number of nitrogens with one attached hydrogen (secondary N) is 1. The third-order valence-electron chi connectivity index (χ3n) is 2.04. The molecule has 1 aromatic rings. The number of nitrogens with zero attached hydrogens (tertiary/aromatic N) is 1. The molecule has 17 heavy (non-hydrogen) atoms. The zero-order valence-electron chi connectivity index (χ0n) is 9.41. The first kappa shape index (κ1) is 13.5. The number of likely N-dealkylation sites (N-methyl/N-ethyl adjacent to an activating group) is 1. The van der Waals surface area contributed by atoms with Gasteiger partial charge in [-0.25, -0.2) is 8.78 Å². The van der Waals surface area contributed by atoms with Crippen LogP contribution in [0.25, 0.3) is 0 Å². The number of hydrogen-bond donors (Lipinski definition) is 2. The van der Waals surface area contributed by atoms with Gasteiger partial charge >= 0.3 is 0 Å². The lowest BCUT2D eigenvalue weighted by Gasteiger charge is -2.14. The van der Waals surface area contributed by atoms with Crippen molar-refractivity contribution in [2.75, 3.05) is 32.1 Å². The zero-order chi connectivity index (χ0) is 12.8. The van der Waals surface area contributed by atoms with Crippen LogP contribution in [0.5, 0.6) is 0 Å². The van der Waals surface area contributed by atoms with Crippen molar-refractivity contribution in [2.45, 2.75) is 0 Å². The van der Waals surface area contributed by atoms with Crippen LogP contribution in [0.15, 0.2) is 18.2 Å². The minimum absolute atomic E-state index is 0.0404. The highest BCUT2D eigenvalue weighted by Crippen LogP contribution is 2.12. The standard InChI is InChI=1S/C11H14F2N2O2/c1-15(2-3-16)7-11(17)14-10-5-8(12)4-9(13)6-10/h4-6,16H,2-3,7H2,1H3,(H,14,17). The Morgan fingerprint density at radius 1 is 1.35 bits per heavy atom. The maximum Gasteiger partial charge on any atom is 0.238 e. The monoisotopic (exact) mass is 244 g/mol. The van der Waals surface area contributed by atoms with Gasteiger partial charge in [0.15, 0.2) is 0 Å². The summed E-state index contributed by atoms with van der Waals surface area (Å²) in [6.07, 6.45) is 0. The van der Waals surface area contributed by atoms with E-state index >= 15 is 0 Å². The fraction of sp³-hybridized carbons (Fsp3) is 0.364. The van der Waals surface area contributed by atoms with Gasteiger partial charge in [-0.05, 0) is 19.2 Å². The Balaban J connectivity index is 2.56. The maximum absolute atomic E-state index is 12.8. The van der Waals surface area contributed by atoms with Gasteiger partial charge in [0.05, 0.1) is 13.2 Å². The minimum Gasteiger partial charge on any atom is -0.395 e. The number of rotatable bonds is 5. The molecule has 1 rings (SSSR count). The van der Waals surface area contributed by atoms with E-state index in [0.29, 0.717) is 6.54 Å². The lowest BCUT2D eigenvalue weighted by molar-refractivity contribution is -0.117. The van der Waals surface area contributed by atoms with Gasteiger partial charge in [0, 0.05) is 18.3 Å². The molecule has 0 unspecified atom stereocenters. The van der Waals surface area contributed by atoms with Crippen molar-refractivity contribution >= 4 is 11.6 Å². The van der Waals surface area contributed by atoms with Gasteiger partial charge in [-0.15, -0.1) is 0 Å². The summed E-state index contributed by atoms with van der Waals surface area (Å²) in [4.78, 5) is 13.0. The summed E-state index contributed by atoms with van der Waals surface area (Å²) in [6.45, 7) is 0.335. The van der Waals surface area contributed by atoms with Crippen LogP contribution in [0.1, 0.15) is 0 Å². The van der Waals surface area contributed by atoms with Gasteiger partial charge < -0.3 is 10.4 Å². The number of aliphatic hydroxyl groups excluding tert-OH is 1. The number of anilines is 1. The molecule has 0 aliphatic rings. The van der Waals surface area contributed by atoms with Crippen molar-refractivity contribution in [1.29, 1.82) is 0 Å². The van der Waals surface area contributed by atoms with Crippen molar-refractivity contribution in [3.05, 3.63) is 29.8 Å². The molecule has 0 spiro atoms. The Morgan fingerprint density at radius 3 is 2.47 bits per heavy atom. The SMILES string of the molecule is CN(CCO)CC(=O)Nc1cc(F)cc(F)c1. The Hall–Kier alpha value is -1.53. The second kappa shape index (κ2) is 6.27. The lowest BCUT2D eigenvalue weighted by Crippen LogP contribution is -2.32. The quantitative estimate of drug-likeness (QED) is 0.806. The smallest absolute Gasteiger partial charge is 0.238 e. The van der Waals surface area contributed by atoms with E-state index in [0.717, 1.165) is 18.2 Å². The van der Waals surface area contributed by atoms with Crippen LogP contribution in [-0.2, 0) is 4.79 Å². The molecule has 1 amide bonds. The molecular weight excluding hydrogens is 230 g/mol. The third-order valence-corrected chi connectivity index (χ3v) is 2.04. The first-order valence-corrected chi connectivity index (χ1v) is 5.06. The Labute approximate surface area is 97.9 Å². The number of hydrogen-bond acceptors (Lipinski definition) is 3. The maximum atomic E-state index is 12.8. The predicted octanol–water partition coefficient (Wildman–Crippen LogP) is 0.827. The molecule has 6 heteroatoms. The number of benzene rings is 1. The van der Waals surface area contributed by atoms with E-state index in [1.54, 1.807) is 11.9 Å². The van der Waals surface area contributed by atoms with Crippen LogP contribution >= 0.6 is 0 Å². The first-order valence-electron chi connectivity index (χ1n) is 5.06. The van der Waals surface area contributed by atoms with Crippen molar-refractivity contribution in [3.8, 4) is 0 Å². The fourth-order valence-corrected chi connectivity index (χ4v) is 1.32. The van der Waals surface area contributed by atoms with Gasteiger partial charge in [-0.1, -0.05) is 0 Å². The first-order chi connectivity index (χ1) is 8.01. The van der Waals surface area contributed by atoms with Crippen LogP contribution in [0.4, 0.5) is 14.5 Å². The second-order valence-corrected chi connectivity index (χ2v) is 3.67. The fourth-order valence-electron chi connectivity index (χ4n) is 1.32. The van der Waals surface area contributed by atoms with E-state index in [9.17, 15) is 13.6 Å². The van der Waals surface area contributed by atoms with E-state index in [4.69, 9.17) is 5.11 Å². The van der Waals surface area contributed by atoms with Crippen molar-refractivity contribution in [3.63, 3.8) is 0 Å². The molecule has 0 aliphatic carbocycles. The summed E-state index contributed by atoms with van der Waals surface area (Å²) < 4.78 is 25.7. The van der Waals surface area contributed by atoms with E-state index in [2.05, 4.69) is 5.32 Å². The van der Waals surface area contributed by atoms with Crippen LogP contribution in [0, 0.1) is 11.6 Å². The molecule has 0 radical (unpaired) electrons. The van der Waals surface area contributed by atoms with Gasteiger partial charge in [-0.3, -0.25) is 9.69 Å². The molecule has 2 N–H and O–H groups in total. The minimum atomic E-state index is -0.746. The number of carbonyl (C=O) groups excluding carboxylic acids is 1. The normalized spacial score (nSPS) is 10.6. The van der Waals surface area contributed by atoms with Crippen LogP contribution in [0.2, 0.25) is 0 Å². The van der Waals surface area contributed by atoms with E-state index in [1.165, 1.54) is 0 Å².